The van der Waals surface area contributed by atoms with E-state index < -0.39 is 83.5 Å². The average Bonchev–Trinajstić information content (AvgIpc) is 3.39. The van der Waals surface area contributed by atoms with E-state index in [4.69, 9.17) is 23.7 Å². The number of rotatable bonds is 5. The van der Waals surface area contributed by atoms with Crippen molar-refractivity contribution in [2.75, 3.05) is 33.5 Å². The van der Waals surface area contributed by atoms with Gasteiger partial charge in [0.1, 0.15) is 41.8 Å². The fourth-order valence-electron chi connectivity index (χ4n) is 7.48. The summed E-state index contributed by atoms with van der Waals surface area (Å²) in [5.74, 6) is -3.54. The minimum absolute atomic E-state index is 0.0267. The number of hydrogen-bond donors (Lipinski definition) is 4. The Labute approximate surface area is 251 Å². The Balaban J connectivity index is 1.32. The zero-order valence-electron chi connectivity index (χ0n) is 24.1. The molecule has 44 heavy (non-hydrogen) atoms. The normalized spacial score (nSPS) is 32.7. The summed E-state index contributed by atoms with van der Waals surface area (Å²) >= 11 is 0. The lowest BCUT2D eigenvalue weighted by atomic mass is 9.72. The van der Waals surface area contributed by atoms with Crippen LogP contribution in [-0.2, 0) is 30.2 Å². The van der Waals surface area contributed by atoms with Gasteiger partial charge in [-0.15, -0.1) is 0 Å². The van der Waals surface area contributed by atoms with Crippen LogP contribution in [0.25, 0.3) is 0 Å². The molecule has 3 heterocycles. The molecule has 5 aliphatic rings. The quantitative estimate of drug-likeness (QED) is 0.297. The van der Waals surface area contributed by atoms with Gasteiger partial charge < -0.3 is 44.1 Å². The molecule has 3 saturated heterocycles. The van der Waals surface area contributed by atoms with E-state index in [2.05, 4.69) is 4.90 Å². The molecular formula is C31H33NO12. The van der Waals surface area contributed by atoms with Crippen molar-refractivity contribution in [2.24, 2.45) is 0 Å². The van der Waals surface area contributed by atoms with E-state index in [-0.39, 0.29) is 46.4 Å². The Bertz CT molecular complexity index is 1570. The number of phenols is 2. The first-order valence-corrected chi connectivity index (χ1v) is 14.6. The summed E-state index contributed by atoms with van der Waals surface area (Å²) in [5.41, 5.74) is -3.33. The lowest BCUT2D eigenvalue weighted by Crippen LogP contribution is -2.53. The first-order chi connectivity index (χ1) is 21.1. The summed E-state index contributed by atoms with van der Waals surface area (Å²) in [5, 5.41) is 44.4. The third-order valence-electron chi connectivity index (χ3n) is 9.56. The largest absolute Gasteiger partial charge is 0.507 e. The van der Waals surface area contributed by atoms with Crippen LogP contribution < -0.4 is 4.74 Å². The fraction of sp³-hybridized carbons (Fsp3) is 0.516. The van der Waals surface area contributed by atoms with Crippen molar-refractivity contribution < 1.29 is 58.5 Å². The van der Waals surface area contributed by atoms with E-state index in [1.807, 2.05) is 6.92 Å². The molecule has 0 saturated carbocycles. The van der Waals surface area contributed by atoms with Gasteiger partial charge in [0.05, 0.1) is 49.2 Å². The monoisotopic (exact) mass is 611 g/mol. The van der Waals surface area contributed by atoms with E-state index in [1.54, 1.807) is 0 Å². The zero-order valence-corrected chi connectivity index (χ0v) is 24.1. The third-order valence-corrected chi connectivity index (χ3v) is 9.56. The number of carbonyl (C=O) groups excluding carboxylic acids is 3. The molecule has 7 rings (SSSR count). The molecule has 234 valence electrons. The van der Waals surface area contributed by atoms with Crippen molar-refractivity contribution >= 4 is 17.3 Å². The van der Waals surface area contributed by atoms with Crippen LogP contribution in [0, 0.1) is 0 Å². The highest BCUT2D eigenvalue weighted by molar-refractivity contribution is 6.31. The van der Waals surface area contributed by atoms with Crippen LogP contribution in [0.4, 0.5) is 0 Å². The number of morpholine rings is 1. The summed E-state index contributed by atoms with van der Waals surface area (Å²) in [6, 6.07) is 4.37. The number of aliphatic hydroxyl groups excluding tert-OH is 1. The summed E-state index contributed by atoms with van der Waals surface area (Å²) in [4.78, 5) is 42.5. The Morgan fingerprint density at radius 1 is 1.11 bits per heavy atom. The molecule has 2 aliphatic carbocycles. The maximum atomic E-state index is 13.8. The number of ether oxygens (including phenoxy) is 5. The third kappa shape index (κ3) is 4.22. The van der Waals surface area contributed by atoms with Crippen LogP contribution in [0.5, 0.6) is 17.2 Å². The minimum atomic E-state index is -2.21. The first kappa shape index (κ1) is 29.3. The minimum Gasteiger partial charge on any atom is -0.507 e. The summed E-state index contributed by atoms with van der Waals surface area (Å²) in [6.45, 7) is 2.49. The number of phenolic OH excluding ortho intramolecular Hbond substituents is 2. The fourth-order valence-corrected chi connectivity index (χ4v) is 7.48. The van der Waals surface area contributed by atoms with Gasteiger partial charge in [-0.25, -0.2) is 0 Å². The molecule has 3 fully saturated rings. The second-order valence-corrected chi connectivity index (χ2v) is 11.9. The van der Waals surface area contributed by atoms with Gasteiger partial charge in [0.25, 0.3) is 0 Å². The van der Waals surface area contributed by atoms with Gasteiger partial charge >= 0.3 is 0 Å². The second kappa shape index (κ2) is 10.6. The predicted molar refractivity (Wildman–Crippen MR) is 148 cm³/mol. The van der Waals surface area contributed by atoms with E-state index in [0.717, 1.165) is 0 Å². The first-order valence-electron chi connectivity index (χ1n) is 14.6. The van der Waals surface area contributed by atoms with Crippen molar-refractivity contribution in [2.45, 2.75) is 68.7 Å². The molecule has 3 aliphatic heterocycles. The van der Waals surface area contributed by atoms with Crippen LogP contribution in [0.15, 0.2) is 18.2 Å². The molecule has 2 aromatic rings. The molecule has 0 bridgehead atoms. The Morgan fingerprint density at radius 2 is 1.89 bits per heavy atom. The molecular weight excluding hydrogens is 578 g/mol. The molecule has 0 spiro atoms. The van der Waals surface area contributed by atoms with Crippen molar-refractivity contribution in [3.63, 3.8) is 0 Å². The van der Waals surface area contributed by atoms with Crippen LogP contribution in [0.1, 0.15) is 68.8 Å². The number of fused-ring (bicyclic) bond motifs is 6. The predicted octanol–water partition coefficient (Wildman–Crippen LogP) is 0.739. The number of aliphatic hydroxyl groups is 2. The Morgan fingerprint density at radius 3 is 2.64 bits per heavy atom. The van der Waals surface area contributed by atoms with Gasteiger partial charge in [-0.3, -0.25) is 19.3 Å². The van der Waals surface area contributed by atoms with Gasteiger partial charge in [0.15, 0.2) is 17.9 Å². The number of methoxy groups -OCH3 is 1. The molecule has 4 N–H and O–H groups in total. The van der Waals surface area contributed by atoms with E-state index in [1.165, 1.54) is 25.3 Å². The summed E-state index contributed by atoms with van der Waals surface area (Å²) < 4.78 is 29.6. The average molecular weight is 612 g/mol. The number of carbonyl (C=O) groups is 3. The topological polar surface area (TPSA) is 182 Å². The molecule has 0 amide bonds. The maximum Gasteiger partial charge on any atom is 0.202 e. The molecule has 2 unspecified atom stereocenters. The van der Waals surface area contributed by atoms with Crippen LogP contribution in [-0.4, -0.2) is 113 Å². The highest BCUT2D eigenvalue weighted by Crippen LogP contribution is 2.53. The molecule has 13 heteroatoms. The molecule has 13 nitrogen and oxygen atoms in total. The number of benzene rings is 2. The van der Waals surface area contributed by atoms with Crippen LogP contribution >= 0.6 is 0 Å². The van der Waals surface area contributed by atoms with Crippen LogP contribution in [0.2, 0.25) is 0 Å². The molecule has 0 aromatic heterocycles. The van der Waals surface area contributed by atoms with Crippen LogP contribution in [0.3, 0.4) is 0 Å². The lowest BCUT2D eigenvalue weighted by Gasteiger charge is -2.43. The molecule has 2 aromatic carbocycles. The highest BCUT2D eigenvalue weighted by Gasteiger charge is 2.53. The summed E-state index contributed by atoms with van der Waals surface area (Å²) in [7, 11) is 1.35. The van der Waals surface area contributed by atoms with Gasteiger partial charge in [0, 0.05) is 48.5 Å². The number of nitrogens with zero attached hydrogens (tertiary/aromatic N) is 1. The Hall–Kier alpha value is -3.43. The number of aromatic hydroxyl groups is 2. The number of hydrogen-bond acceptors (Lipinski definition) is 13. The van der Waals surface area contributed by atoms with Crippen molar-refractivity contribution in [3.05, 3.63) is 51.6 Å². The van der Waals surface area contributed by atoms with E-state index in [0.29, 0.717) is 26.2 Å². The maximum absolute atomic E-state index is 13.8. The molecule has 7 atom stereocenters. The summed E-state index contributed by atoms with van der Waals surface area (Å²) in [6.07, 6.45) is -3.62. The highest BCUT2D eigenvalue weighted by atomic mass is 16.7. The lowest BCUT2D eigenvalue weighted by molar-refractivity contribution is -0.247. The van der Waals surface area contributed by atoms with Crippen molar-refractivity contribution in [1.29, 1.82) is 0 Å². The molecule has 0 radical (unpaired) electrons. The van der Waals surface area contributed by atoms with Crippen molar-refractivity contribution in [3.8, 4) is 17.2 Å². The zero-order chi connectivity index (χ0) is 31.1. The SMILES string of the molecule is COc1cccc2c1C(=O)c1c(O)c3c(c(O)c1C2=O)C[C@@](O)(C(=O)CO)CC3O[C@H]1CC2[C@H](O[C@@H]3COCCN23)[C@H](C)O1. The van der Waals surface area contributed by atoms with E-state index in [9.17, 15) is 34.8 Å². The van der Waals surface area contributed by atoms with Gasteiger partial charge in [-0.1, -0.05) is 12.1 Å². The van der Waals surface area contributed by atoms with Crippen molar-refractivity contribution in [1.82, 2.24) is 4.90 Å². The second-order valence-electron chi connectivity index (χ2n) is 11.9. The smallest absolute Gasteiger partial charge is 0.202 e. The number of Topliss-reactive ketones (excluding diaryl/α,β-unsaturated/α-hetero) is 1. The number of ketones is 3. The van der Waals surface area contributed by atoms with E-state index >= 15 is 0 Å². The van der Waals surface area contributed by atoms with Gasteiger partial charge in [-0.05, 0) is 13.0 Å². The van der Waals surface area contributed by atoms with Gasteiger partial charge in [0.2, 0.25) is 5.78 Å². The standard InChI is InChI=1S/C31H33NO12/c1-13-30-16(32-6-7-41-12-20(32)44-30)8-21(42-13)43-18-10-31(39,19(34)11-33)9-15-23(18)29(38)25-24(27(15)36)26(35)14-4-3-5-17(40-2)22(14)28(25)37/h3-5,13,16,18,20-21,30,33,36,38-39H,6-12H2,1-2H3/t13-,16?,18?,20+,21-,30+,31-/m0/s1. The van der Waals surface area contributed by atoms with Gasteiger partial charge in [-0.2, -0.15) is 0 Å². The Kier molecular flexibility index (Phi) is 7.05.